The number of piperazine rings is 1. The van der Waals surface area contributed by atoms with Gasteiger partial charge in [-0.3, -0.25) is 9.59 Å². The van der Waals surface area contributed by atoms with Crippen LogP contribution in [0.5, 0.6) is 5.75 Å². The molecule has 1 aliphatic rings. The molecular weight excluding hydrogens is 354 g/mol. The molecule has 1 heterocycles. The number of nitrogens with zero attached hydrogens (tertiary/aromatic N) is 2. The molecule has 1 aliphatic heterocycles. The maximum absolute atomic E-state index is 13.2. The first-order valence-corrected chi connectivity index (χ1v) is 9.54. The standard InChI is InChI=1S/C22H27N3O3/c1-17-5-3-7-19(13-17)22(27)25(15-18-6-4-8-20(14-18)28-2)16-21(26)24-11-9-23-10-12-24/h3-8,13-14,23H,9-12,15-16H2,1-2H3. The van der Waals surface area contributed by atoms with Gasteiger partial charge in [0.05, 0.1) is 7.11 Å². The van der Waals surface area contributed by atoms with Crippen LogP contribution in [0.2, 0.25) is 0 Å². The number of amides is 2. The highest BCUT2D eigenvalue weighted by molar-refractivity contribution is 5.96. The Morgan fingerprint density at radius 2 is 1.86 bits per heavy atom. The van der Waals surface area contributed by atoms with E-state index < -0.39 is 0 Å². The average molecular weight is 381 g/mol. The number of rotatable bonds is 6. The van der Waals surface area contributed by atoms with Crippen molar-refractivity contribution in [2.24, 2.45) is 0 Å². The highest BCUT2D eigenvalue weighted by Gasteiger charge is 2.23. The lowest BCUT2D eigenvalue weighted by atomic mass is 10.1. The summed E-state index contributed by atoms with van der Waals surface area (Å²) in [6.45, 7) is 5.27. The Hall–Kier alpha value is -2.86. The van der Waals surface area contributed by atoms with Crippen LogP contribution in [0.4, 0.5) is 0 Å². The highest BCUT2D eigenvalue weighted by atomic mass is 16.5. The first-order chi connectivity index (χ1) is 13.6. The molecule has 1 saturated heterocycles. The molecule has 0 saturated carbocycles. The summed E-state index contributed by atoms with van der Waals surface area (Å²) in [6.07, 6.45) is 0. The number of nitrogens with one attached hydrogen (secondary N) is 1. The molecule has 6 heteroatoms. The zero-order valence-electron chi connectivity index (χ0n) is 16.5. The first-order valence-electron chi connectivity index (χ1n) is 9.54. The van der Waals surface area contributed by atoms with Gasteiger partial charge in [0.2, 0.25) is 5.91 Å². The number of methoxy groups -OCH3 is 1. The van der Waals surface area contributed by atoms with Crippen molar-refractivity contribution in [1.29, 1.82) is 0 Å². The molecule has 1 fully saturated rings. The van der Waals surface area contributed by atoms with Gasteiger partial charge >= 0.3 is 0 Å². The Labute approximate surface area is 166 Å². The van der Waals surface area contributed by atoms with Crippen molar-refractivity contribution in [3.8, 4) is 5.75 Å². The lowest BCUT2D eigenvalue weighted by Gasteiger charge is -2.30. The minimum Gasteiger partial charge on any atom is -0.497 e. The topological polar surface area (TPSA) is 61.9 Å². The highest BCUT2D eigenvalue weighted by Crippen LogP contribution is 2.17. The Morgan fingerprint density at radius 1 is 1.11 bits per heavy atom. The lowest BCUT2D eigenvalue weighted by molar-refractivity contribution is -0.132. The molecule has 2 aromatic carbocycles. The number of ether oxygens (including phenoxy) is 1. The predicted molar refractivity (Wildman–Crippen MR) is 108 cm³/mol. The summed E-state index contributed by atoms with van der Waals surface area (Å²) in [6, 6.07) is 15.1. The third-order valence-corrected chi connectivity index (χ3v) is 4.86. The molecule has 0 bridgehead atoms. The van der Waals surface area contributed by atoms with Crippen LogP contribution in [0.15, 0.2) is 48.5 Å². The second-order valence-corrected chi connectivity index (χ2v) is 7.01. The quantitative estimate of drug-likeness (QED) is 0.832. The summed E-state index contributed by atoms with van der Waals surface area (Å²) in [5.74, 6) is 0.564. The predicted octanol–water partition coefficient (Wildman–Crippen LogP) is 2.08. The van der Waals surface area contributed by atoms with E-state index in [1.54, 1.807) is 18.1 Å². The van der Waals surface area contributed by atoms with E-state index in [1.165, 1.54) is 0 Å². The van der Waals surface area contributed by atoms with Crippen LogP contribution in [-0.2, 0) is 11.3 Å². The second kappa shape index (κ2) is 9.37. The molecule has 3 rings (SSSR count). The van der Waals surface area contributed by atoms with Gasteiger partial charge in [0, 0.05) is 38.3 Å². The fourth-order valence-electron chi connectivity index (χ4n) is 3.33. The van der Waals surface area contributed by atoms with Gasteiger partial charge in [-0.15, -0.1) is 0 Å². The monoisotopic (exact) mass is 381 g/mol. The molecule has 0 aromatic heterocycles. The van der Waals surface area contributed by atoms with Crippen LogP contribution < -0.4 is 10.1 Å². The van der Waals surface area contributed by atoms with Crippen LogP contribution in [0.3, 0.4) is 0 Å². The summed E-state index contributed by atoms with van der Waals surface area (Å²) in [5.41, 5.74) is 2.53. The minimum absolute atomic E-state index is 0.0228. The summed E-state index contributed by atoms with van der Waals surface area (Å²) in [5, 5.41) is 3.24. The van der Waals surface area contributed by atoms with Crippen LogP contribution in [0, 0.1) is 6.92 Å². The van der Waals surface area contributed by atoms with Gasteiger partial charge in [0.15, 0.2) is 0 Å². The molecule has 0 radical (unpaired) electrons. The van der Waals surface area contributed by atoms with Gasteiger partial charge in [-0.25, -0.2) is 0 Å². The number of carbonyl (C=O) groups is 2. The van der Waals surface area contributed by atoms with Crippen LogP contribution >= 0.6 is 0 Å². The fraction of sp³-hybridized carbons (Fsp3) is 0.364. The molecule has 148 valence electrons. The van der Waals surface area contributed by atoms with E-state index in [1.807, 2.05) is 54.3 Å². The molecular formula is C22H27N3O3. The zero-order valence-corrected chi connectivity index (χ0v) is 16.5. The molecule has 6 nitrogen and oxygen atoms in total. The third-order valence-electron chi connectivity index (χ3n) is 4.86. The number of aryl methyl sites for hydroxylation is 1. The Morgan fingerprint density at radius 3 is 2.57 bits per heavy atom. The first kappa shape index (κ1) is 19.9. The Balaban J connectivity index is 1.81. The van der Waals surface area contributed by atoms with Crippen LogP contribution in [-0.4, -0.2) is 61.4 Å². The van der Waals surface area contributed by atoms with Gasteiger partial charge in [-0.05, 0) is 36.8 Å². The molecule has 0 spiro atoms. The lowest BCUT2D eigenvalue weighted by Crippen LogP contribution is -2.50. The SMILES string of the molecule is COc1cccc(CN(CC(=O)N2CCNCC2)C(=O)c2cccc(C)c2)c1. The van der Waals surface area contributed by atoms with Crippen molar-refractivity contribution in [2.45, 2.75) is 13.5 Å². The maximum Gasteiger partial charge on any atom is 0.254 e. The number of hydrogen-bond acceptors (Lipinski definition) is 4. The average Bonchev–Trinajstić information content (AvgIpc) is 2.73. The Bertz CT molecular complexity index is 831. The van der Waals surface area contributed by atoms with Gasteiger partial charge in [-0.2, -0.15) is 0 Å². The van der Waals surface area contributed by atoms with E-state index in [0.29, 0.717) is 25.2 Å². The summed E-state index contributed by atoms with van der Waals surface area (Å²) in [4.78, 5) is 29.4. The number of benzene rings is 2. The molecule has 0 unspecified atom stereocenters. The van der Waals surface area contributed by atoms with Crippen molar-refractivity contribution < 1.29 is 14.3 Å². The van der Waals surface area contributed by atoms with Crippen LogP contribution in [0.25, 0.3) is 0 Å². The molecule has 0 atom stereocenters. The van der Waals surface area contributed by atoms with E-state index in [4.69, 9.17) is 4.74 Å². The molecule has 2 aromatic rings. The van der Waals surface area contributed by atoms with Gasteiger partial charge in [0.25, 0.3) is 5.91 Å². The zero-order chi connectivity index (χ0) is 19.9. The van der Waals surface area contributed by atoms with Gasteiger partial charge in [-0.1, -0.05) is 29.8 Å². The number of hydrogen-bond donors (Lipinski definition) is 1. The van der Waals surface area contributed by atoms with E-state index >= 15 is 0 Å². The smallest absolute Gasteiger partial charge is 0.254 e. The molecule has 2 amide bonds. The summed E-state index contributed by atoms with van der Waals surface area (Å²) < 4.78 is 5.29. The molecule has 28 heavy (non-hydrogen) atoms. The number of carbonyl (C=O) groups excluding carboxylic acids is 2. The van der Waals surface area contributed by atoms with Crippen molar-refractivity contribution in [3.05, 3.63) is 65.2 Å². The maximum atomic E-state index is 13.2. The third kappa shape index (κ3) is 5.10. The van der Waals surface area contributed by atoms with Gasteiger partial charge < -0.3 is 19.9 Å². The molecule has 1 N–H and O–H groups in total. The fourth-order valence-corrected chi connectivity index (χ4v) is 3.33. The van der Waals surface area contributed by atoms with Crippen molar-refractivity contribution >= 4 is 11.8 Å². The molecule has 0 aliphatic carbocycles. The van der Waals surface area contributed by atoms with E-state index in [2.05, 4.69) is 5.32 Å². The normalized spacial score (nSPS) is 13.9. The van der Waals surface area contributed by atoms with Crippen molar-refractivity contribution in [3.63, 3.8) is 0 Å². The van der Waals surface area contributed by atoms with E-state index in [0.717, 1.165) is 30.0 Å². The van der Waals surface area contributed by atoms with E-state index in [9.17, 15) is 9.59 Å². The van der Waals surface area contributed by atoms with Gasteiger partial charge in [0.1, 0.15) is 12.3 Å². The van der Waals surface area contributed by atoms with Crippen LogP contribution in [0.1, 0.15) is 21.5 Å². The minimum atomic E-state index is -0.144. The van der Waals surface area contributed by atoms with Crippen molar-refractivity contribution in [2.75, 3.05) is 39.8 Å². The van der Waals surface area contributed by atoms with E-state index in [-0.39, 0.29) is 18.4 Å². The largest absolute Gasteiger partial charge is 0.497 e. The second-order valence-electron chi connectivity index (χ2n) is 7.01. The summed E-state index contributed by atoms with van der Waals surface area (Å²) >= 11 is 0. The van der Waals surface area contributed by atoms with Crippen molar-refractivity contribution in [1.82, 2.24) is 15.1 Å². The summed E-state index contributed by atoms with van der Waals surface area (Å²) in [7, 11) is 1.61. The Kier molecular flexibility index (Phi) is 6.66.